The average molecular weight is 376 g/mol. The van der Waals surface area contributed by atoms with Gasteiger partial charge in [-0.1, -0.05) is 28.1 Å². The van der Waals surface area contributed by atoms with Gasteiger partial charge < -0.3 is 4.42 Å². The molecule has 0 radical (unpaired) electrons. The van der Waals surface area contributed by atoms with Gasteiger partial charge in [-0.2, -0.15) is 0 Å². The highest BCUT2D eigenvalue weighted by molar-refractivity contribution is 9.10. The fourth-order valence-electron chi connectivity index (χ4n) is 1.36. The third kappa shape index (κ3) is 2.84. The first-order chi connectivity index (χ1) is 8.11. The number of rotatable bonds is 2. The molecule has 0 N–H and O–H groups in total. The lowest BCUT2D eigenvalue weighted by atomic mass is 10.2. The molecule has 1 aromatic carbocycles. The zero-order valence-corrected chi connectivity index (χ0v) is 12.9. The molecule has 0 bridgehead atoms. The minimum atomic E-state index is -0.352. The van der Waals surface area contributed by atoms with Crippen molar-refractivity contribution in [3.8, 4) is 11.3 Å². The highest BCUT2D eigenvalue weighted by Gasteiger charge is 2.09. The first-order valence-corrected chi connectivity index (χ1v) is 7.56. The summed E-state index contributed by atoms with van der Waals surface area (Å²) < 4.78 is 6.71. The van der Waals surface area contributed by atoms with Crippen molar-refractivity contribution in [1.82, 2.24) is 0 Å². The van der Waals surface area contributed by atoms with Gasteiger partial charge in [-0.3, -0.25) is 0 Å². The summed E-state index contributed by atoms with van der Waals surface area (Å²) in [5.74, 6) is 0.579. The van der Waals surface area contributed by atoms with Crippen LogP contribution >= 0.6 is 43.6 Å². The Hall–Kier alpha value is -0.520. The van der Waals surface area contributed by atoms with Gasteiger partial charge in [0.1, 0.15) is 10.2 Å². The standard InChI is InChI=1S/C12H8Br2O2S/c1-17-10-6-9(16-12(15)11(10)14)7-2-4-8(13)5-3-7/h2-6H,1H3. The van der Waals surface area contributed by atoms with E-state index in [1.54, 1.807) is 0 Å². The van der Waals surface area contributed by atoms with Gasteiger partial charge >= 0.3 is 5.63 Å². The molecule has 0 saturated carbocycles. The number of hydrogen-bond acceptors (Lipinski definition) is 3. The van der Waals surface area contributed by atoms with E-state index in [0.29, 0.717) is 10.2 Å². The van der Waals surface area contributed by atoms with Crippen LogP contribution in [-0.4, -0.2) is 6.26 Å². The number of benzene rings is 1. The Labute approximate surface area is 120 Å². The molecule has 0 saturated heterocycles. The minimum absolute atomic E-state index is 0.352. The zero-order valence-electron chi connectivity index (χ0n) is 8.87. The molecule has 2 nitrogen and oxygen atoms in total. The predicted octanol–water partition coefficient (Wildman–Crippen LogP) is 4.55. The molecule has 0 fully saturated rings. The van der Waals surface area contributed by atoms with Gasteiger partial charge in [0.2, 0.25) is 0 Å². The second-order valence-electron chi connectivity index (χ2n) is 3.29. The highest BCUT2D eigenvalue weighted by Crippen LogP contribution is 2.28. The quantitative estimate of drug-likeness (QED) is 0.721. The van der Waals surface area contributed by atoms with E-state index in [1.165, 1.54) is 11.8 Å². The summed E-state index contributed by atoms with van der Waals surface area (Å²) in [4.78, 5) is 12.5. The molecule has 88 valence electrons. The van der Waals surface area contributed by atoms with Crippen LogP contribution in [0.2, 0.25) is 0 Å². The van der Waals surface area contributed by atoms with Gasteiger partial charge in [-0.25, -0.2) is 4.79 Å². The Balaban J connectivity index is 2.56. The van der Waals surface area contributed by atoms with E-state index in [0.717, 1.165) is 14.9 Å². The van der Waals surface area contributed by atoms with Gasteiger partial charge in [-0.15, -0.1) is 11.8 Å². The fourth-order valence-corrected chi connectivity index (χ4v) is 2.79. The Kier molecular flexibility index (Phi) is 4.12. The second kappa shape index (κ2) is 5.42. The van der Waals surface area contributed by atoms with E-state index in [4.69, 9.17) is 4.42 Å². The molecule has 0 aliphatic carbocycles. The van der Waals surface area contributed by atoms with Crippen LogP contribution < -0.4 is 5.63 Å². The molecule has 1 heterocycles. The number of hydrogen-bond donors (Lipinski definition) is 0. The summed E-state index contributed by atoms with van der Waals surface area (Å²) in [6.45, 7) is 0. The average Bonchev–Trinajstić information content (AvgIpc) is 2.33. The van der Waals surface area contributed by atoms with Crippen LogP contribution in [0.5, 0.6) is 0 Å². The third-order valence-corrected chi connectivity index (χ3v) is 4.51. The smallest absolute Gasteiger partial charge is 0.351 e. The van der Waals surface area contributed by atoms with E-state index in [2.05, 4.69) is 31.9 Å². The maximum absolute atomic E-state index is 11.6. The lowest BCUT2D eigenvalue weighted by Gasteiger charge is -2.04. The first kappa shape index (κ1) is 12.9. The van der Waals surface area contributed by atoms with Crippen LogP contribution in [0.25, 0.3) is 11.3 Å². The van der Waals surface area contributed by atoms with Crippen molar-refractivity contribution < 1.29 is 4.42 Å². The fraction of sp³-hybridized carbons (Fsp3) is 0.0833. The van der Waals surface area contributed by atoms with Crippen molar-refractivity contribution in [1.29, 1.82) is 0 Å². The van der Waals surface area contributed by atoms with Crippen molar-refractivity contribution in [2.75, 3.05) is 6.26 Å². The van der Waals surface area contributed by atoms with Gasteiger partial charge in [0.25, 0.3) is 0 Å². The second-order valence-corrected chi connectivity index (χ2v) is 5.84. The summed E-state index contributed by atoms with van der Waals surface area (Å²) in [5, 5.41) is 0. The molecular formula is C12H8Br2O2S. The molecule has 0 spiro atoms. The molecule has 2 rings (SSSR count). The molecule has 0 amide bonds. The molecule has 0 aliphatic rings. The van der Waals surface area contributed by atoms with Gasteiger partial charge in [0.05, 0.1) is 0 Å². The largest absolute Gasteiger partial charge is 0.422 e. The molecule has 0 unspecified atom stereocenters. The van der Waals surface area contributed by atoms with Crippen LogP contribution in [0.15, 0.2) is 53.4 Å². The summed E-state index contributed by atoms with van der Waals surface area (Å²) >= 11 is 8.10. The maximum Gasteiger partial charge on any atom is 0.351 e. The summed E-state index contributed by atoms with van der Waals surface area (Å²) in [5.41, 5.74) is 0.530. The lowest BCUT2D eigenvalue weighted by molar-refractivity contribution is 0.516. The van der Waals surface area contributed by atoms with E-state index in [-0.39, 0.29) is 5.63 Å². The highest BCUT2D eigenvalue weighted by atomic mass is 79.9. The topological polar surface area (TPSA) is 30.2 Å². The molecule has 17 heavy (non-hydrogen) atoms. The van der Waals surface area contributed by atoms with E-state index in [9.17, 15) is 4.79 Å². The van der Waals surface area contributed by atoms with E-state index in [1.807, 2.05) is 36.6 Å². The maximum atomic E-state index is 11.6. The Morgan fingerprint density at radius 1 is 1.18 bits per heavy atom. The normalized spacial score (nSPS) is 10.5. The van der Waals surface area contributed by atoms with Crippen molar-refractivity contribution in [2.45, 2.75) is 4.90 Å². The first-order valence-electron chi connectivity index (χ1n) is 4.75. The SMILES string of the molecule is CSc1cc(-c2ccc(Br)cc2)oc(=O)c1Br. The third-order valence-electron chi connectivity index (χ3n) is 2.21. The van der Waals surface area contributed by atoms with Crippen molar-refractivity contribution in [3.63, 3.8) is 0 Å². The zero-order chi connectivity index (χ0) is 12.4. The van der Waals surface area contributed by atoms with Gasteiger partial charge in [-0.05, 0) is 40.4 Å². The van der Waals surface area contributed by atoms with Gasteiger partial charge in [0.15, 0.2) is 0 Å². The van der Waals surface area contributed by atoms with Crippen molar-refractivity contribution >= 4 is 43.6 Å². The molecule has 0 aliphatic heterocycles. The lowest BCUT2D eigenvalue weighted by Crippen LogP contribution is -2.01. The Bertz CT molecular complexity index is 590. The van der Waals surface area contributed by atoms with Crippen molar-refractivity contribution in [3.05, 3.63) is 49.7 Å². The number of halogens is 2. The molecule has 5 heteroatoms. The van der Waals surface area contributed by atoms with Crippen LogP contribution in [-0.2, 0) is 0 Å². The summed E-state index contributed by atoms with van der Waals surface area (Å²) in [6.07, 6.45) is 1.92. The van der Waals surface area contributed by atoms with Crippen LogP contribution in [0.1, 0.15) is 0 Å². The summed E-state index contributed by atoms with van der Waals surface area (Å²) in [7, 11) is 0. The molecular weight excluding hydrogens is 368 g/mol. The molecule has 0 atom stereocenters. The minimum Gasteiger partial charge on any atom is -0.422 e. The van der Waals surface area contributed by atoms with Gasteiger partial charge in [0, 0.05) is 14.9 Å². The number of thioether (sulfide) groups is 1. The predicted molar refractivity (Wildman–Crippen MR) is 77.6 cm³/mol. The summed E-state index contributed by atoms with van der Waals surface area (Å²) in [6, 6.07) is 9.49. The van der Waals surface area contributed by atoms with E-state index >= 15 is 0 Å². The van der Waals surface area contributed by atoms with Crippen molar-refractivity contribution in [2.24, 2.45) is 0 Å². The molecule has 2 aromatic rings. The van der Waals surface area contributed by atoms with E-state index < -0.39 is 0 Å². The van der Waals surface area contributed by atoms with Crippen LogP contribution in [0.4, 0.5) is 0 Å². The van der Waals surface area contributed by atoms with Crippen LogP contribution in [0.3, 0.4) is 0 Å². The Morgan fingerprint density at radius 2 is 1.82 bits per heavy atom. The Morgan fingerprint density at radius 3 is 2.41 bits per heavy atom. The van der Waals surface area contributed by atoms with Crippen LogP contribution in [0, 0.1) is 0 Å². The monoisotopic (exact) mass is 374 g/mol. The molecule has 1 aromatic heterocycles.